The summed E-state index contributed by atoms with van der Waals surface area (Å²) in [6, 6.07) is 0.362. The number of fused-ring (bicyclic) bond motifs is 1. The van der Waals surface area contributed by atoms with Crippen LogP contribution >= 0.6 is 0 Å². The summed E-state index contributed by atoms with van der Waals surface area (Å²) in [6.45, 7) is 2.44. The molecule has 2 aliphatic heterocycles. The number of ether oxygens (including phenoxy) is 1. The number of carboxylic acid groups (broad SMARTS) is 1. The van der Waals surface area contributed by atoms with Gasteiger partial charge in [0.15, 0.2) is 0 Å². The van der Waals surface area contributed by atoms with Crippen LogP contribution in [0.1, 0.15) is 0 Å². The van der Waals surface area contributed by atoms with Crippen molar-refractivity contribution >= 4 is 6.09 Å². The molecule has 0 spiro atoms. The molecule has 5 heteroatoms. The van der Waals surface area contributed by atoms with E-state index in [9.17, 15) is 4.79 Å². The number of carbonyl (C=O) groups is 1. The Morgan fingerprint density at radius 2 is 2.42 bits per heavy atom. The summed E-state index contributed by atoms with van der Waals surface area (Å²) in [5, 5.41) is 11.8. The van der Waals surface area contributed by atoms with Crippen LogP contribution in [0.2, 0.25) is 0 Å². The van der Waals surface area contributed by atoms with Crippen LogP contribution in [0, 0.1) is 5.92 Å². The minimum atomic E-state index is -0.854. The molecule has 0 aromatic heterocycles. The normalized spacial score (nSPS) is 34.8. The first-order valence-corrected chi connectivity index (χ1v) is 4.06. The summed E-state index contributed by atoms with van der Waals surface area (Å²) >= 11 is 0. The third kappa shape index (κ3) is 1.25. The molecule has 0 saturated carbocycles. The third-order valence-corrected chi connectivity index (χ3v) is 2.47. The van der Waals surface area contributed by atoms with E-state index in [0.717, 1.165) is 6.61 Å². The monoisotopic (exact) mass is 172 g/mol. The molecule has 2 unspecified atom stereocenters. The minimum Gasteiger partial charge on any atom is -0.465 e. The van der Waals surface area contributed by atoms with Crippen molar-refractivity contribution in [2.45, 2.75) is 6.04 Å². The number of hydrogen-bond donors (Lipinski definition) is 2. The summed E-state index contributed by atoms with van der Waals surface area (Å²) < 4.78 is 5.24. The summed E-state index contributed by atoms with van der Waals surface area (Å²) in [7, 11) is 0. The van der Waals surface area contributed by atoms with Gasteiger partial charge in [-0.05, 0) is 0 Å². The van der Waals surface area contributed by atoms with Crippen molar-refractivity contribution in [2.24, 2.45) is 5.92 Å². The van der Waals surface area contributed by atoms with Crippen LogP contribution < -0.4 is 5.32 Å². The Kier molecular flexibility index (Phi) is 1.90. The zero-order valence-corrected chi connectivity index (χ0v) is 6.69. The lowest BCUT2D eigenvalue weighted by Crippen LogP contribution is -2.54. The summed E-state index contributed by atoms with van der Waals surface area (Å²) in [4.78, 5) is 12.0. The molecule has 2 N–H and O–H groups in total. The van der Waals surface area contributed by atoms with E-state index >= 15 is 0 Å². The zero-order chi connectivity index (χ0) is 8.55. The van der Waals surface area contributed by atoms with Gasteiger partial charge < -0.3 is 9.84 Å². The van der Waals surface area contributed by atoms with Gasteiger partial charge in [-0.3, -0.25) is 10.2 Å². The molecule has 2 saturated heterocycles. The SMILES string of the molecule is O=C(O)N1CNC2COCC2C1. The minimum absolute atomic E-state index is 0.342. The molecule has 2 fully saturated rings. The van der Waals surface area contributed by atoms with Gasteiger partial charge in [0.25, 0.3) is 0 Å². The van der Waals surface area contributed by atoms with Crippen molar-refractivity contribution in [1.82, 2.24) is 10.2 Å². The van der Waals surface area contributed by atoms with Crippen LogP contribution in [-0.2, 0) is 4.74 Å². The molecular weight excluding hydrogens is 160 g/mol. The Morgan fingerprint density at radius 3 is 3.17 bits per heavy atom. The third-order valence-electron chi connectivity index (χ3n) is 2.47. The lowest BCUT2D eigenvalue weighted by atomic mass is 10.0. The lowest BCUT2D eigenvalue weighted by molar-refractivity contribution is 0.109. The second kappa shape index (κ2) is 2.91. The molecule has 0 aliphatic carbocycles. The molecule has 2 heterocycles. The molecule has 68 valence electrons. The number of rotatable bonds is 0. The number of nitrogens with zero attached hydrogens (tertiary/aromatic N) is 1. The smallest absolute Gasteiger partial charge is 0.408 e. The van der Waals surface area contributed by atoms with Gasteiger partial charge in [0.1, 0.15) is 0 Å². The Bertz CT molecular complexity index is 197. The van der Waals surface area contributed by atoms with Crippen LogP contribution in [0.25, 0.3) is 0 Å². The van der Waals surface area contributed by atoms with Gasteiger partial charge in [-0.25, -0.2) is 4.79 Å². The zero-order valence-electron chi connectivity index (χ0n) is 6.69. The Hall–Kier alpha value is -0.810. The number of nitrogens with one attached hydrogen (secondary N) is 1. The quantitative estimate of drug-likeness (QED) is 0.519. The van der Waals surface area contributed by atoms with Crippen molar-refractivity contribution in [2.75, 3.05) is 26.4 Å². The lowest BCUT2D eigenvalue weighted by Gasteiger charge is -2.32. The van der Waals surface area contributed by atoms with Crippen LogP contribution in [0.5, 0.6) is 0 Å². The maximum absolute atomic E-state index is 10.6. The molecular formula is C7H12N2O3. The molecule has 2 atom stereocenters. The van der Waals surface area contributed by atoms with Crippen molar-refractivity contribution in [3.05, 3.63) is 0 Å². The van der Waals surface area contributed by atoms with Crippen molar-refractivity contribution < 1.29 is 14.6 Å². The topological polar surface area (TPSA) is 61.8 Å². The average molecular weight is 172 g/mol. The van der Waals surface area contributed by atoms with Gasteiger partial charge in [-0.2, -0.15) is 0 Å². The maximum Gasteiger partial charge on any atom is 0.408 e. The van der Waals surface area contributed by atoms with E-state index in [1.807, 2.05) is 0 Å². The molecule has 2 aliphatic rings. The van der Waals surface area contributed by atoms with Crippen LogP contribution in [0.15, 0.2) is 0 Å². The predicted molar refractivity (Wildman–Crippen MR) is 40.8 cm³/mol. The summed E-state index contributed by atoms with van der Waals surface area (Å²) in [5.74, 6) is 0.342. The van der Waals surface area contributed by atoms with Gasteiger partial charge in [0, 0.05) is 18.5 Å². The fourth-order valence-corrected chi connectivity index (χ4v) is 1.72. The van der Waals surface area contributed by atoms with E-state index in [1.54, 1.807) is 0 Å². The standard InChI is InChI=1S/C7H12N2O3/c10-7(11)9-1-5-2-12-3-6(5)8-4-9/h5-6,8H,1-4H2,(H,10,11). The van der Waals surface area contributed by atoms with E-state index in [1.165, 1.54) is 4.90 Å². The predicted octanol–water partition coefficient (Wildman–Crippen LogP) is -0.458. The fourth-order valence-electron chi connectivity index (χ4n) is 1.72. The molecule has 0 bridgehead atoms. The number of amides is 1. The Balaban J connectivity index is 1.96. The average Bonchev–Trinajstić information content (AvgIpc) is 2.49. The van der Waals surface area contributed by atoms with Gasteiger partial charge >= 0.3 is 6.09 Å². The molecule has 12 heavy (non-hydrogen) atoms. The second-order valence-corrected chi connectivity index (χ2v) is 3.27. The Labute approximate surface area is 70.3 Å². The first-order valence-electron chi connectivity index (χ1n) is 4.06. The van der Waals surface area contributed by atoms with E-state index in [4.69, 9.17) is 9.84 Å². The highest BCUT2D eigenvalue weighted by Gasteiger charge is 2.34. The van der Waals surface area contributed by atoms with Crippen LogP contribution in [0.3, 0.4) is 0 Å². The van der Waals surface area contributed by atoms with E-state index in [2.05, 4.69) is 5.32 Å². The van der Waals surface area contributed by atoms with Gasteiger partial charge in [-0.1, -0.05) is 0 Å². The van der Waals surface area contributed by atoms with Gasteiger partial charge in [0.2, 0.25) is 0 Å². The van der Waals surface area contributed by atoms with Gasteiger partial charge in [-0.15, -0.1) is 0 Å². The van der Waals surface area contributed by atoms with E-state index in [-0.39, 0.29) is 0 Å². The first-order chi connectivity index (χ1) is 5.77. The second-order valence-electron chi connectivity index (χ2n) is 3.27. The molecule has 0 radical (unpaired) electrons. The van der Waals surface area contributed by atoms with Crippen LogP contribution in [0.4, 0.5) is 4.79 Å². The highest BCUT2D eigenvalue weighted by atomic mass is 16.5. The highest BCUT2D eigenvalue weighted by Crippen LogP contribution is 2.18. The molecule has 0 aromatic carbocycles. The van der Waals surface area contributed by atoms with Crippen molar-refractivity contribution in [1.29, 1.82) is 0 Å². The molecule has 5 nitrogen and oxygen atoms in total. The molecule has 1 amide bonds. The summed E-state index contributed by atoms with van der Waals surface area (Å²) in [5.41, 5.74) is 0. The Morgan fingerprint density at radius 1 is 1.58 bits per heavy atom. The van der Waals surface area contributed by atoms with Crippen molar-refractivity contribution in [3.8, 4) is 0 Å². The first kappa shape index (κ1) is 7.82. The number of hydrogen-bond acceptors (Lipinski definition) is 3. The van der Waals surface area contributed by atoms with E-state index < -0.39 is 6.09 Å². The van der Waals surface area contributed by atoms with E-state index in [0.29, 0.717) is 31.8 Å². The molecule has 0 aromatic rings. The molecule has 2 rings (SSSR count). The van der Waals surface area contributed by atoms with Gasteiger partial charge in [0.05, 0.1) is 19.9 Å². The van der Waals surface area contributed by atoms with Crippen LogP contribution in [-0.4, -0.2) is 48.6 Å². The fraction of sp³-hybridized carbons (Fsp3) is 0.857. The van der Waals surface area contributed by atoms with Crippen molar-refractivity contribution in [3.63, 3.8) is 0 Å². The highest BCUT2D eigenvalue weighted by molar-refractivity contribution is 5.65. The maximum atomic E-state index is 10.6. The summed E-state index contributed by atoms with van der Waals surface area (Å²) in [6.07, 6.45) is -0.854. The largest absolute Gasteiger partial charge is 0.465 e.